The van der Waals surface area contributed by atoms with E-state index in [1.165, 1.54) is 0 Å². The number of aromatic amines is 1. The lowest BCUT2D eigenvalue weighted by molar-refractivity contribution is 0.0930. The van der Waals surface area contributed by atoms with Gasteiger partial charge in [0.05, 0.1) is 6.04 Å². The summed E-state index contributed by atoms with van der Waals surface area (Å²) in [5, 5.41) is 12.0. The molecule has 0 aliphatic rings. The maximum Gasteiger partial charge on any atom is 0.261 e. The minimum Gasteiger partial charge on any atom is -0.396 e. The smallest absolute Gasteiger partial charge is 0.261 e. The highest BCUT2D eigenvalue weighted by Gasteiger charge is 2.19. The van der Waals surface area contributed by atoms with Crippen LogP contribution in [0.25, 0.3) is 0 Å². The van der Waals surface area contributed by atoms with E-state index in [9.17, 15) is 9.59 Å². The number of benzene rings is 1. The third kappa shape index (κ3) is 4.29. The van der Waals surface area contributed by atoms with Crippen LogP contribution < -0.4 is 10.9 Å². The number of hydrogen-bond donors (Lipinski definition) is 3. The van der Waals surface area contributed by atoms with Crippen LogP contribution in [0, 0.1) is 13.8 Å². The van der Waals surface area contributed by atoms with E-state index in [4.69, 9.17) is 5.11 Å². The second-order valence-corrected chi connectivity index (χ2v) is 5.64. The number of pyridine rings is 1. The van der Waals surface area contributed by atoms with Crippen molar-refractivity contribution in [2.24, 2.45) is 0 Å². The Hall–Kier alpha value is -2.40. The molecule has 1 heterocycles. The number of carbonyl (C=O) groups is 1. The summed E-state index contributed by atoms with van der Waals surface area (Å²) in [5.41, 5.74) is 2.09. The number of rotatable bonds is 6. The van der Waals surface area contributed by atoms with Gasteiger partial charge in [0, 0.05) is 12.3 Å². The fourth-order valence-electron chi connectivity index (χ4n) is 2.67. The predicted molar refractivity (Wildman–Crippen MR) is 89.5 cm³/mol. The minimum absolute atomic E-state index is 0.0589. The van der Waals surface area contributed by atoms with E-state index in [1.54, 1.807) is 19.9 Å². The minimum atomic E-state index is -0.393. The van der Waals surface area contributed by atoms with Gasteiger partial charge in [0.15, 0.2) is 0 Å². The molecular formula is C18H22N2O3. The summed E-state index contributed by atoms with van der Waals surface area (Å²) in [5.74, 6) is -0.393. The Balaban J connectivity index is 2.26. The fraction of sp³-hybridized carbons (Fsp3) is 0.333. The Labute approximate surface area is 135 Å². The molecule has 1 unspecified atom stereocenters. The molecule has 5 nitrogen and oxygen atoms in total. The van der Waals surface area contributed by atoms with Crippen molar-refractivity contribution in [3.8, 4) is 0 Å². The first-order chi connectivity index (χ1) is 11.0. The number of amides is 1. The summed E-state index contributed by atoms with van der Waals surface area (Å²) in [7, 11) is 0. The zero-order chi connectivity index (χ0) is 16.8. The monoisotopic (exact) mass is 314 g/mol. The molecule has 0 aliphatic heterocycles. The number of nitrogens with one attached hydrogen (secondary N) is 2. The Morgan fingerprint density at radius 1 is 1.26 bits per heavy atom. The predicted octanol–water partition coefficient (Wildman–Crippen LogP) is 2.24. The molecule has 122 valence electrons. The number of carbonyl (C=O) groups excluding carboxylic acids is 1. The van der Waals surface area contributed by atoms with Crippen LogP contribution in [0.5, 0.6) is 0 Å². The van der Waals surface area contributed by atoms with E-state index >= 15 is 0 Å². The number of aryl methyl sites for hydroxylation is 2. The highest BCUT2D eigenvalue weighted by atomic mass is 16.3. The first-order valence-corrected chi connectivity index (χ1v) is 7.70. The van der Waals surface area contributed by atoms with E-state index in [-0.39, 0.29) is 23.8 Å². The molecule has 23 heavy (non-hydrogen) atoms. The largest absolute Gasteiger partial charge is 0.396 e. The highest BCUT2D eigenvalue weighted by Crippen LogP contribution is 2.19. The van der Waals surface area contributed by atoms with Gasteiger partial charge in [0.2, 0.25) is 0 Å². The molecule has 0 saturated heterocycles. The zero-order valence-corrected chi connectivity index (χ0v) is 13.4. The fourth-order valence-corrected chi connectivity index (χ4v) is 2.67. The average Bonchev–Trinajstić information content (AvgIpc) is 2.51. The lowest BCUT2D eigenvalue weighted by Crippen LogP contribution is -2.34. The summed E-state index contributed by atoms with van der Waals surface area (Å²) in [6.07, 6.45) is 1.18. The number of aromatic nitrogens is 1. The summed E-state index contributed by atoms with van der Waals surface area (Å²) in [4.78, 5) is 27.3. The molecular weight excluding hydrogens is 292 g/mol. The molecule has 1 aromatic carbocycles. The topological polar surface area (TPSA) is 82.2 Å². The molecule has 1 aromatic heterocycles. The van der Waals surface area contributed by atoms with Gasteiger partial charge in [-0.05, 0) is 43.9 Å². The molecule has 0 saturated carbocycles. The molecule has 0 radical (unpaired) electrons. The molecule has 0 bridgehead atoms. The van der Waals surface area contributed by atoms with Crippen LogP contribution in [0.1, 0.15) is 46.1 Å². The van der Waals surface area contributed by atoms with Gasteiger partial charge in [0.25, 0.3) is 11.5 Å². The average molecular weight is 314 g/mol. The van der Waals surface area contributed by atoms with Crippen LogP contribution in [0.3, 0.4) is 0 Å². The molecule has 0 fully saturated rings. The molecule has 0 spiro atoms. The van der Waals surface area contributed by atoms with Crippen molar-refractivity contribution >= 4 is 5.91 Å². The lowest BCUT2D eigenvalue weighted by atomic mass is 10.0. The quantitative estimate of drug-likeness (QED) is 0.764. The third-order valence-electron chi connectivity index (χ3n) is 3.75. The van der Waals surface area contributed by atoms with Crippen molar-refractivity contribution in [2.75, 3.05) is 6.61 Å². The SMILES string of the molecule is Cc1cc(C)c(C(=O)NC(CCCO)c2ccccc2)c(=O)[nH]1. The second kappa shape index (κ2) is 7.74. The van der Waals surface area contributed by atoms with Crippen LogP contribution in [-0.4, -0.2) is 22.6 Å². The van der Waals surface area contributed by atoms with Crippen LogP contribution >= 0.6 is 0 Å². The van der Waals surface area contributed by atoms with Gasteiger partial charge < -0.3 is 15.4 Å². The summed E-state index contributed by atoms with van der Waals surface area (Å²) >= 11 is 0. The van der Waals surface area contributed by atoms with Crippen LogP contribution in [-0.2, 0) is 0 Å². The van der Waals surface area contributed by atoms with Gasteiger partial charge in [-0.3, -0.25) is 9.59 Å². The zero-order valence-electron chi connectivity index (χ0n) is 13.4. The van der Waals surface area contributed by atoms with Gasteiger partial charge in [-0.2, -0.15) is 0 Å². The van der Waals surface area contributed by atoms with Crippen molar-refractivity contribution < 1.29 is 9.90 Å². The molecule has 3 N–H and O–H groups in total. The Morgan fingerprint density at radius 3 is 2.57 bits per heavy atom. The molecule has 0 aliphatic carbocycles. The number of H-pyrrole nitrogens is 1. The first kappa shape index (κ1) is 17.0. The van der Waals surface area contributed by atoms with Crippen molar-refractivity contribution in [3.05, 3.63) is 69.1 Å². The first-order valence-electron chi connectivity index (χ1n) is 7.70. The van der Waals surface area contributed by atoms with E-state index in [1.807, 2.05) is 30.3 Å². The standard InChI is InChI=1S/C18H22N2O3/c1-12-11-13(2)19-17(22)16(12)18(23)20-15(9-6-10-21)14-7-4-3-5-8-14/h3-5,7-8,11,15,21H,6,9-10H2,1-2H3,(H,19,22)(H,20,23). The molecule has 2 aromatic rings. The van der Waals surface area contributed by atoms with Gasteiger partial charge in [0.1, 0.15) is 5.56 Å². The summed E-state index contributed by atoms with van der Waals surface area (Å²) in [6, 6.07) is 11.1. The summed E-state index contributed by atoms with van der Waals surface area (Å²) < 4.78 is 0. The molecule has 2 rings (SSSR count). The maximum atomic E-state index is 12.6. The summed E-state index contributed by atoms with van der Waals surface area (Å²) in [6.45, 7) is 3.59. The van der Waals surface area contributed by atoms with Crippen molar-refractivity contribution in [1.82, 2.24) is 10.3 Å². The van der Waals surface area contributed by atoms with Gasteiger partial charge in [-0.15, -0.1) is 0 Å². The van der Waals surface area contributed by atoms with E-state index in [0.717, 1.165) is 11.3 Å². The van der Waals surface area contributed by atoms with E-state index < -0.39 is 5.91 Å². The van der Waals surface area contributed by atoms with Crippen LogP contribution in [0.2, 0.25) is 0 Å². The normalized spacial score (nSPS) is 12.0. The van der Waals surface area contributed by atoms with Gasteiger partial charge >= 0.3 is 0 Å². The lowest BCUT2D eigenvalue weighted by Gasteiger charge is -2.19. The Morgan fingerprint density at radius 2 is 1.96 bits per heavy atom. The molecule has 1 atom stereocenters. The molecule has 1 amide bonds. The van der Waals surface area contributed by atoms with Crippen molar-refractivity contribution in [3.63, 3.8) is 0 Å². The maximum absolute atomic E-state index is 12.6. The Kier molecular flexibility index (Phi) is 5.71. The Bertz CT molecular complexity index is 723. The second-order valence-electron chi connectivity index (χ2n) is 5.64. The van der Waals surface area contributed by atoms with Crippen molar-refractivity contribution in [1.29, 1.82) is 0 Å². The van der Waals surface area contributed by atoms with Gasteiger partial charge in [-0.25, -0.2) is 0 Å². The van der Waals surface area contributed by atoms with Gasteiger partial charge in [-0.1, -0.05) is 30.3 Å². The number of aliphatic hydroxyl groups is 1. The van der Waals surface area contributed by atoms with Crippen molar-refractivity contribution in [2.45, 2.75) is 32.7 Å². The molecule has 5 heteroatoms. The number of aliphatic hydroxyl groups excluding tert-OH is 1. The van der Waals surface area contributed by atoms with Crippen LogP contribution in [0.4, 0.5) is 0 Å². The van der Waals surface area contributed by atoms with Crippen LogP contribution in [0.15, 0.2) is 41.2 Å². The number of hydrogen-bond acceptors (Lipinski definition) is 3. The third-order valence-corrected chi connectivity index (χ3v) is 3.75. The highest BCUT2D eigenvalue weighted by molar-refractivity contribution is 5.95. The van der Waals surface area contributed by atoms with E-state index in [0.29, 0.717) is 18.4 Å². The van der Waals surface area contributed by atoms with E-state index in [2.05, 4.69) is 10.3 Å².